The van der Waals surface area contributed by atoms with Gasteiger partial charge in [0.25, 0.3) is 0 Å². The van der Waals surface area contributed by atoms with Crippen molar-refractivity contribution < 1.29 is 19.1 Å². The van der Waals surface area contributed by atoms with E-state index in [4.69, 9.17) is 9.47 Å². The van der Waals surface area contributed by atoms with E-state index in [0.29, 0.717) is 18.8 Å². The second kappa shape index (κ2) is 8.26. The monoisotopic (exact) mass is 386 g/mol. The van der Waals surface area contributed by atoms with Crippen LogP contribution in [-0.4, -0.2) is 30.2 Å². The molecule has 27 heavy (non-hydrogen) atoms. The van der Waals surface area contributed by atoms with E-state index in [2.05, 4.69) is 5.32 Å². The number of benzene rings is 1. The standard InChI is InChI=1S/C20H22N2O4S/c1-4-26-20(24)17-10-18-16(9-13(2)27-18)22(17)12-19(23)21-11-14-5-7-15(25-3)8-6-14/h5-10H,4,11-12H2,1-3H3,(H,21,23). The van der Waals surface area contributed by atoms with Crippen molar-refractivity contribution in [2.45, 2.75) is 26.9 Å². The number of aromatic nitrogens is 1. The highest BCUT2D eigenvalue weighted by Gasteiger charge is 2.20. The molecule has 0 radical (unpaired) electrons. The smallest absolute Gasteiger partial charge is 0.355 e. The molecule has 0 saturated carbocycles. The summed E-state index contributed by atoms with van der Waals surface area (Å²) in [6.45, 7) is 4.52. The van der Waals surface area contributed by atoms with E-state index in [0.717, 1.165) is 26.4 Å². The molecular formula is C20H22N2O4S. The minimum absolute atomic E-state index is 0.0595. The number of ether oxygens (including phenoxy) is 2. The van der Waals surface area contributed by atoms with E-state index < -0.39 is 5.97 Å². The molecule has 0 saturated heterocycles. The molecule has 0 atom stereocenters. The second-order valence-corrected chi connectivity index (χ2v) is 7.36. The van der Waals surface area contributed by atoms with Gasteiger partial charge in [0.1, 0.15) is 18.0 Å². The molecule has 0 unspecified atom stereocenters. The van der Waals surface area contributed by atoms with E-state index >= 15 is 0 Å². The third kappa shape index (κ3) is 4.31. The fraction of sp³-hybridized carbons (Fsp3) is 0.300. The molecule has 1 amide bonds. The van der Waals surface area contributed by atoms with E-state index in [1.54, 1.807) is 36.0 Å². The van der Waals surface area contributed by atoms with Crippen LogP contribution < -0.4 is 10.1 Å². The lowest BCUT2D eigenvalue weighted by Gasteiger charge is -2.11. The summed E-state index contributed by atoms with van der Waals surface area (Å²) in [4.78, 5) is 25.9. The molecule has 3 aromatic rings. The molecule has 3 rings (SSSR count). The Balaban J connectivity index is 1.74. The zero-order chi connectivity index (χ0) is 19.4. The summed E-state index contributed by atoms with van der Waals surface area (Å²) >= 11 is 1.59. The van der Waals surface area contributed by atoms with Gasteiger partial charge in [-0.25, -0.2) is 4.79 Å². The van der Waals surface area contributed by atoms with Crippen LogP contribution in [0.5, 0.6) is 5.75 Å². The summed E-state index contributed by atoms with van der Waals surface area (Å²) in [6.07, 6.45) is 0. The van der Waals surface area contributed by atoms with Gasteiger partial charge >= 0.3 is 5.97 Å². The number of hydrogen-bond donors (Lipinski definition) is 1. The number of nitrogens with zero attached hydrogens (tertiary/aromatic N) is 1. The van der Waals surface area contributed by atoms with Crippen molar-refractivity contribution in [3.8, 4) is 5.75 Å². The highest BCUT2D eigenvalue weighted by atomic mass is 32.1. The fourth-order valence-electron chi connectivity index (χ4n) is 2.85. The Kier molecular flexibility index (Phi) is 5.81. The zero-order valence-corrected chi connectivity index (χ0v) is 16.4. The topological polar surface area (TPSA) is 69.6 Å². The normalized spacial score (nSPS) is 10.8. The molecule has 0 fully saturated rings. The number of thiophene rings is 1. The maximum Gasteiger partial charge on any atom is 0.355 e. The molecule has 0 aliphatic heterocycles. The van der Waals surface area contributed by atoms with Gasteiger partial charge in [0.2, 0.25) is 5.91 Å². The van der Waals surface area contributed by atoms with Gasteiger partial charge in [-0.3, -0.25) is 4.79 Å². The summed E-state index contributed by atoms with van der Waals surface area (Å²) in [5.41, 5.74) is 2.25. The minimum Gasteiger partial charge on any atom is -0.497 e. The molecule has 6 nitrogen and oxygen atoms in total. The van der Waals surface area contributed by atoms with Crippen molar-refractivity contribution in [1.29, 1.82) is 0 Å². The number of fused-ring (bicyclic) bond motifs is 1. The molecular weight excluding hydrogens is 364 g/mol. The van der Waals surface area contributed by atoms with Gasteiger partial charge < -0.3 is 19.4 Å². The second-order valence-electron chi connectivity index (χ2n) is 6.07. The zero-order valence-electron chi connectivity index (χ0n) is 15.6. The molecule has 7 heteroatoms. The SMILES string of the molecule is CCOC(=O)c1cc2sc(C)cc2n1CC(=O)NCc1ccc(OC)cc1. The Morgan fingerprint density at radius 1 is 1.19 bits per heavy atom. The number of rotatable bonds is 7. The maximum absolute atomic E-state index is 12.5. The van der Waals surface area contributed by atoms with E-state index in [9.17, 15) is 9.59 Å². The highest BCUT2D eigenvalue weighted by Crippen LogP contribution is 2.29. The highest BCUT2D eigenvalue weighted by molar-refractivity contribution is 7.19. The van der Waals surface area contributed by atoms with Crippen molar-refractivity contribution in [2.24, 2.45) is 0 Å². The Bertz CT molecular complexity index is 956. The maximum atomic E-state index is 12.5. The fourth-order valence-corrected chi connectivity index (χ4v) is 3.81. The van der Waals surface area contributed by atoms with E-state index in [1.165, 1.54) is 0 Å². The first kappa shape index (κ1) is 19.0. The van der Waals surface area contributed by atoms with Crippen LogP contribution in [0.3, 0.4) is 0 Å². The Labute approximate surface area is 161 Å². The summed E-state index contributed by atoms with van der Waals surface area (Å²) in [7, 11) is 1.61. The third-order valence-electron chi connectivity index (χ3n) is 4.15. The molecule has 1 aromatic carbocycles. The number of esters is 1. The van der Waals surface area contributed by atoms with Crippen LogP contribution in [-0.2, 0) is 22.6 Å². The number of amides is 1. The van der Waals surface area contributed by atoms with Crippen LogP contribution >= 0.6 is 11.3 Å². The van der Waals surface area contributed by atoms with Crippen LogP contribution in [0.15, 0.2) is 36.4 Å². The number of nitrogens with one attached hydrogen (secondary N) is 1. The third-order valence-corrected chi connectivity index (χ3v) is 5.13. The van der Waals surface area contributed by atoms with Crippen LogP contribution in [0.1, 0.15) is 27.9 Å². The number of aryl methyl sites for hydroxylation is 1. The molecule has 142 valence electrons. The average molecular weight is 386 g/mol. The molecule has 2 heterocycles. The molecule has 0 spiro atoms. The minimum atomic E-state index is -0.415. The number of carbonyl (C=O) groups excluding carboxylic acids is 2. The van der Waals surface area contributed by atoms with Gasteiger partial charge in [0.15, 0.2) is 0 Å². The van der Waals surface area contributed by atoms with Gasteiger partial charge in [0.05, 0.1) is 23.9 Å². The summed E-state index contributed by atoms with van der Waals surface area (Å²) in [5, 5.41) is 2.90. The number of carbonyl (C=O) groups is 2. The van der Waals surface area contributed by atoms with Crippen LogP contribution in [0.2, 0.25) is 0 Å². The summed E-state index contributed by atoms with van der Waals surface area (Å²) in [5.74, 6) is 0.186. The average Bonchev–Trinajstić information content (AvgIpc) is 3.18. The predicted octanol–water partition coefficient (Wildman–Crippen LogP) is 3.51. The Morgan fingerprint density at radius 2 is 1.93 bits per heavy atom. The first-order chi connectivity index (χ1) is 13.0. The van der Waals surface area contributed by atoms with Gasteiger partial charge in [-0.15, -0.1) is 11.3 Å². The van der Waals surface area contributed by atoms with Crippen LogP contribution in [0.4, 0.5) is 0 Å². The van der Waals surface area contributed by atoms with Crippen molar-refractivity contribution in [3.05, 3.63) is 52.5 Å². The van der Waals surface area contributed by atoms with Crippen molar-refractivity contribution in [1.82, 2.24) is 9.88 Å². The predicted molar refractivity (Wildman–Crippen MR) is 105 cm³/mol. The lowest BCUT2D eigenvalue weighted by molar-refractivity contribution is -0.121. The van der Waals surface area contributed by atoms with E-state index in [-0.39, 0.29) is 12.5 Å². The molecule has 2 aromatic heterocycles. The lowest BCUT2D eigenvalue weighted by atomic mass is 10.2. The number of hydrogen-bond acceptors (Lipinski definition) is 5. The lowest BCUT2D eigenvalue weighted by Crippen LogP contribution is -2.28. The molecule has 1 N–H and O–H groups in total. The van der Waals surface area contributed by atoms with E-state index in [1.807, 2.05) is 37.3 Å². The van der Waals surface area contributed by atoms with Gasteiger partial charge in [-0.2, -0.15) is 0 Å². The van der Waals surface area contributed by atoms with Gasteiger partial charge in [0, 0.05) is 11.4 Å². The largest absolute Gasteiger partial charge is 0.497 e. The Hall–Kier alpha value is -2.80. The van der Waals surface area contributed by atoms with Gasteiger partial charge in [-0.05, 0) is 43.7 Å². The summed E-state index contributed by atoms with van der Waals surface area (Å²) in [6, 6.07) is 11.3. The molecule has 0 aliphatic rings. The van der Waals surface area contributed by atoms with Crippen molar-refractivity contribution in [2.75, 3.05) is 13.7 Å². The van der Waals surface area contributed by atoms with Crippen molar-refractivity contribution in [3.63, 3.8) is 0 Å². The molecule has 0 bridgehead atoms. The van der Waals surface area contributed by atoms with Gasteiger partial charge in [-0.1, -0.05) is 12.1 Å². The molecule has 0 aliphatic carbocycles. The first-order valence-corrected chi connectivity index (χ1v) is 9.50. The summed E-state index contributed by atoms with van der Waals surface area (Å²) < 4.78 is 13.0. The van der Waals surface area contributed by atoms with Crippen LogP contribution in [0, 0.1) is 6.92 Å². The number of methoxy groups -OCH3 is 1. The van der Waals surface area contributed by atoms with Crippen LogP contribution in [0.25, 0.3) is 10.2 Å². The quantitative estimate of drug-likeness (QED) is 0.631. The van der Waals surface area contributed by atoms with Crippen molar-refractivity contribution >= 4 is 33.4 Å². The Morgan fingerprint density at radius 3 is 2.59 bits per heavy atom. The first-order valence-electron chi connectivity index (χ1n) is 8.68.